The molecule has 52 heavy (non-hydrogen) atoms. The molecule has 2 aromatic carbocycles. The molecule has 13 heteroatoms. The van der Waals surface area contributed by atoms with Gasteiger partial charge in [0.1, 0.15) is 6.04 Å². The highest BCUT2D eigenvalue weighted by Crippen LogP contribution is 2.49. The molecular formula is C39H48N6O7. The van der Waals surface area contributed by atoms with Crippen molar-refractivity contribution in [1.29, 1.82) is 0 Å². The number of nitro groups is 1. The fraction of sp³-hybridized carbons (Fsp3) is 0.590. The molecule has 13 nitrogen and oxygen atoms in total. The molecule has 1 N–H and O–H groups in total. The predicted molar refractivity (Wildman–Crippen MR) is 194 cm³/mol. The summed E-state index contributed by atoms with van der Waals surface area (Å²) in [5, 5.41) is 13.9. The molecule has 1 unspecified atom stereocenters. The van der Waals surface area contributed by atoms with Gasteiger partial charge in [-0.25, -0.2) is 0 Å². The number of hydrogen-bond donors (Lipinski definition) is 1. The maximum Gasteiger partial charge on any atom is 0.311 e. The van der Waals surface area contributed by atoms with Gasteiger partial charge in [0.25, 0.3) is 11.8 Å². The topological polar surface area (TPSA) is 146 Å². The van der Waals surface area contributed by atoms with Crippen LogP contribution in [0, 0.1) is 27.9 Å². The highest BCUT2D eigenvalue weighted by Gasteiger charge is 2.45. The van der Waals surface area contributed by atoms with Gasteiger partial charge in [-0.2, -0.15) is 0 Å². The van der Waals surface area contributed by atoms with Gasteiger partial charge in [-0.3, -0.25) is 39.5 Å². The minimum Gasteiger partial charge on any atom is -0.490 e. The van der Waals surface area contributed by atoms with Gasteiger partial charge in [-0.15, -0.1) is 0 Å². The quantitative estimate of drug-likeness (QED) is 0.220. The number of nitrogens with zero attached hydrogens (tertiary/aromatic N) is 5. The van der Waals surface area contributed by atoms with E-state index in [4.69, 9.17) is 4.74 Å². The number of hydrogen-bond acceptors (Lipinski definition) is 10. The second-order valence-corrected chi connectivity index (χ2v) is 15.7. The number of imide groups is 2. The summed E-state index contributed by atoms with van der Waals surface area (Å²) in [6.45, 7) is 7.14. The first-order valence-electron chi connectivity index (χ1n) is 19.1. The average Bonchev–Trinajstić information content (AvgIpc) is 3.98. The molecule has 276 valence electrons. The van der Waals surface area contributed by atoms with Gasteiger partial charge in [0, 0.05) is 62.7 Å². The van der Waals surface area contributed by atoms with Gasteiger partial charge in [-0.05, 0) is 118 Å². The summed E-state index contributed by atoms with van der Waals surface area (Å²) in [5.41, 5.74) is 3.87. The Morgan fingerprint density at radius 1 is 0.788 bits per heavy atom. The van der Waals surface area contributed by atoms with Crippen molar-refractivity contribution in [3.05, 3.63) is 57.1 Å². The van der Waals surface area contributed by atoms with Crippen LogP contribution in [0.4, 0.5) is 17.1 Å². The first kappa shape index (κ1) is 34.6. The Hall–Kier alpha value is -4.52. The third kappa shape index (κ3) is 6.63. The van der Waals surface area contributed by atoms with Gasteiger partial charge in [0.05, 0.1) is 23.2 Å². The predicted octanol–water partition coefficient (Wildman–Crippen LogP) is 4.73. The van der Waals surface area contributed by atoms with E-state index in [0.717, 1.165) is 118 Å². The minimum absolute atomic E-state index is 0.0671. The number of anilines is 2. The summed E-state index contributed by atoms with van der Waals surface area (Å²) >= 11 is 0. The van der Waals surface area contributed by atoms with E-state index < -0.39 is 23.8 Å². The second-order valence-electron chi connectivity index (χ2n) is 15.7. The zero-order valence-corrected chi connectivity index (χ0v) is 29.9. The fourth-order valence-electron chi connectivity index (χ4n) is 9.49. The van der Waals surface area contributed by atoms with E-state index in [1.54, 1.807) is 18.2 Å². The maximum absolute atomic E-state index is 13.3. The van der Waals surface area contributed by atoms with Crippen molar-refractivity contribution in [2.75, 3.05) is 62.7 Å². The van der Waals surface area contributed by atoms with E-state index in [9.17, 15) is 29.3 Å². The van der Waals surface area contributed by atoms with Gasteiger partial charge >= 0.3 is 5.69 Å². The number of nitrogens with one attached hydrogen (secondary N) is 1. The van der Waals surface area contributed by atoms with Crippen molar-refractivity contribution in [1.82, 2.24) is 15.1 Å². The van der Waals surface area contributed by atoms with E-state index in [0.29, 0.717) is 28.7 Å². The van der Waals surface area contributed by atoms with Crippen LogP contribution in [0.1, 0.15) is 96.4 Å². The summed E-state index contributed by atoms with van der Waals surface area (Å²) < 4.78 is 5.43. The van der Waals surface area contributed by atoms with Gasteiger partial charge in [0.2, 0.25) is 11.8 Å². The molecule has 4 amide bonds. The molecule has 1 atom stereocenters. The van der Waals surface area contributed by atoms with Crippen LogP contribution in [0.3, 0.4) is 0 Å². The monoisotopic (exact) mass is 712 g/mol. The van der Waals surface area contributed by atoms with E-state index in [1.165, 1.54) is 20.0 Å². The summed E-state index contributed by atoms with van der Waals surface area (Å²) in [6, 6.07) is 8.12. The minimum atomic E-state index is -0.956. The Kier molecular flexibility index (Phi) is 9.39. The Bertz CT molecular complexity index is 1770. The van der Waals surface area contributed by atoms with E-state index >= 15 is 0 Å². The SMILES string of the molecule is COc1cc(N2CCC(C3CCN(CC4CCN(c5ccc6c(c5)C(=O)N(C5CCC(=O)NC5=O)C6=O)CC4)CC3)CC2)c(C2CC2)cc1[N+](=O)[O-]. The van der Waals surface area contributed by atoms with Gasteiger partial charge < -0.3 is 19.4 Å². The number of benzene rings is 2. The molecule has 0 spiro atoms. The zero-order chi connectivity index (χ0) is 36.1. The van der Waals surface area contributed by atoms with Crippen LogP contribution in [0.25, 0.3) is 0 Å². The number of carbonyl (C=O) groups excluding carboxylic acids is 4. The lowest BCUT2D eigenvalue weighted by atomic mass is 9.78. The number of likely N-dealkylation sites (tertiary alicyclic amines) is 1. The number of ether oxygens (including phenoxy) is 1. The first-order valence-corrected chi connectivity index (χ1v) is 19.1. The first-order chi connectivity index (χ1) is 25.2. The smallest absolute Gasteiger partial charge is 0.311 e. The van der Waals surface area contributed by atoms with Crippen LogP contribution >= 0.6 is 0 Å². The van der Waals surface area contributed by atoms with Crippen molar-refractivity contribution < 1.29 is 28.8 Å². The molecule has 0 radical (unpaired) electrons. The van der Waals surface area contributed by atoms with E-state index in [1.807, 2.05) is 12.1 Å². The van der Waals surface area contributed by atoms with E-state index in [-0.39, 0.29) is 29.4 Å². The fourth-order valence-corrected chi connectivity index (χ4v) is 9.49. The van der Waals surface area contributed by atoms with E-state index in [2.05, 4.69) is 20.0 Å². The van der Waals surface area contributed by atoms with Crippen molar-refractivity contribution >= 4 is 40.7 Å². The number of carbonyl (C=O) groups is 4. The number of nitro benzene ring substituents is 1. The number of rotatable bonds is 9. The number of fused-ring (bicyclic) bond motifs is 1. The zero-order valence-electron chi connectivity index (χ0n) is 29.9. The summed E-state index contributed by atoms with van der Waals surface area (Å²) in [6.07, 6.45) is 9.37. The van der Waals surface area contributed by atoms with Gasteiger partial charge in [-0.1, -0.05) is 0 Å². The molecule has 0 bridgehead atoms. The third-order valence-corrected chi connectivity index (χ3v) is 12.6. The average molecular weight is 713 g/mol. The van der Waals surface area contributed by atoms with Crippen molar-refractivity contribution in [2.24, 2.45) is 17.8 Å². The largest absolute Gasteiger partial charge is 0.490 e. The summed E-state index contributed by atoms with van der Waals surface area (Å²) in [4.78, 5) is 70.2. The Balaban J connectivity index is 0.800. The molecule has 1 saturated carbocycles. The number of amides is 4. The van der Waals surface area contributed by atoms with Crippen LogP contribution < -0.4 is 19.9 Å². The highest BCUT2D eigenvalue weighted by molar-refractivity contribution is 6.23. The highest BCUT2D eigenvalue weighted by atomic mass is 16.6. The lowest BCUT2D eigenvalue weighted by molar-refractivity contribution is -0.385. The Morgan fingerprint density at radius 3 is 2.08 bits per heavy atom. The molecule has 5 heterocycles. The lowest BCUT2D eigenvalue weighted by Gasteiger charge is -2.42. The summed E-state index contributed by atoms with van der Waals surface area (Å²) in [7, 11) is 1.51. The number of methoxy groups -OCH3 is 1. The second kappa shape index (κ2) is 14.1. The molecule has 1 aliphatic carbocycles. The van der Waals surface area contributed by atoms with Crippen molar-refractivity contribution in [2.45, 2.75) is 76.2 Å². The normalized spacial score (nSPS) is 24.0. The molecular weight excluding hydrogens is 664 g/mol. The van der Waals surface area contributed by atoms with Crippen molar-refractivity contribution in [3.63, 3.8) is 0 Å². The molecule has 6 aliphatic rings. The Morgan fingerprint density at radius 2 is 1.44 bits per heavy atom. The molecule has 2 aromatic rings. The standard InChI is InChI=1S/C39H48N6O7/c1-52-35-22-33(30(27-2-3-27)21-34(35)45(50)51)43-18-12-26(13-19-43)25-10-14-41(15-11-25)23-24-8-16-42(17-9-24)28-4-5-29-31(20-28)39(49)44(38(29)48)32-6-7-36(46)40-37(32)47/h4-5,20-22,24-27,32H,2-3,6-19,23H2,1H3,(H,40,46,47). The van der Waals surface area contributed by atoms with Crippen LogP contribution in [-0.4, -0.2) is 97.3 Å². The molecule has 0 aromatic heterocycles. The Labute approximate surface area is 303 Å². The van der Waals surface area contributed by atoms with Crippen LogP contribution in [0.5, 0.6) is 5.75 Å². The van der Waals surface area contributed by atoms with Gasteiger partial charge in [0.15, 0.2) is 5.75 Å². The number of piperidine rings is 4. The maximum atomic E-state index is 13.3. The molecule has 5 fully saturated rings. The molecule has 5 aliphatic heterocycles. The molecule has 4 saturated heterocycles. The third-order valence-electron chi connectivity index (χ3n) is 12.6. The summed E-state index contributed by atoms with van der Waals surface area (Å²) in [5.74, 6) is 0.943. The van der Waals surface area contributed by atoms with Crippen molar-refractivity contribution in [3.8, 4) is 5.75 Å². The van der Waals surface area contributed by atoms with Crippen LogP contribution in [-0.2, 0) is 9.59 Å². The molecule has 8 rings (SSSR count). The lowest BCUT2D eigenvalue weighted by Crippen LogP contribution is -2.54. The van der Waals surface area contributed by atoms with Crippen LogP contribution in [0.2, 0.25) is 0 Å². The van der Waals surface area contributed by atoms with Crippen LogP contribution in [0.15, 0.2) is 30.3 Å².